The van der Waals surface area contributed by atoms with Crippen LogP contribution in [0.25, 0.3) is 5.53 Å². The van der Waals surface area contributed by atoms with Crippen LogP contribution in [0.15, 0.2) is 0 Å². The van der Waals surface area contributed by atoms with Crippen molar-refractivity contribution in [3.8, 4) is 0 Å². The zero-order valence-corrected chi connectivity index (χ0v) is 12.5. The van der Waals surface area contributed by atoms with Crippen LogP contribution in [-0.4, -0.2) is 22.6 Å². The molecular weight excluding hydrogens is 252 g/mol. The van der Waals surface area contributed by atoms with E-state index in [1.165, 1.54) is 38.5 Å². The van der Waals surface area contributed by atoms with Gasteiger partial charge in [0.25, 0.3) is 0 Å². The number of carbonyl (C=O) groups is 1. The Balaban J connectivity index is 2.15. The minimum absolute atomic E-state index is 0.390. The summed E-state index contributed by atoms with van der Waals surface area (Å²) in [5.74, 6) is 0.400. The van der Waals surface area contributed by atoms with Crippen LogP contribution in [0, 0.1) is 11.8 Å². The summed E-state index contributed by atoms with van der Waals surface area (Å²) in [7, 11) is 0. The summed E-state index contributed by atoms with van der Waals surface area (Å²) in [5.41, 5.74) is 8.13. The van der Waals surface area contributed by atoms with Crippen molar-refractivity contribution in [2.75, 3.05) is 0 Å². The molecule has 112 valence electrons. The summed E-state index contributed by atoms with van der Waals surface area (Å²) in [6, 6.07) is 0. The first-order chi connectivity index (χ1) is 9.66. The van der Waals surface area contributed by atoms with Crippen LogP contribution in [0.2, 0.25) is 0 Å². The molecule has 2 saturated carbocycles. The largest absolute Gasteiger partial charge is 0.450 e. The highest BCUT2D eigenvalue weighted by Gasteiger charge is 2.45. The van der Waals surface area contributed by atoms with Crippen LogP contribution >= 0.6 is 0 Å². The SMILES string of the molecule is CC(OC(=O)C=[N+]=[N-])(C1CCCCC1)C1CCCCC1. The van der Waals surface area contributed by atoms with E-state index in [0.717, 1.165) is 31.9 Å². The molecule has 0 aromatic heterocycles. The minimum Gasteiger partial charge on any atom is -0.450 e. The first-order valence-electron chi connectivity index (χ1n) is 8.07. The number of rotatable bonds is 4. The average Bonchev–Trinajstić information content (AvgIpc) is 2.49. The molecule has 0 atom stereocenters. The van der Waals surface area contributed by atoms with Crippen molar-refractivity contribution in [2.45, 2.75) is 76.7 Å². The maximum absolute atomic E-state index is 11.8. The standard InChI is InChI=1S/C16H26N2O2/c1-16(20-15(19)12-18-17,13-8-4-2-5-9-13)14-10-6-3-7-11-14/h12-14H,2-11H2,1H3. The van der Waals surface area contributed by atoms with Crippen LogP contribution in [0.3, 0.4) is 0 Å². The van der Waals surface area contributed by atoms with Crippen molar-refractivity contribution in [2.24, 2.45) is 11.8 Å². The normalized spacial score (nSPS) is 22.1. The van der Waals surface area contributed by atoms with Crippen molar-refractivity contribution < 1.29 is 14.3 Å². The van der Waals surface area contributed by atoms with Gasteiger partial charge in [-0.1, -0.05) is 38.5 Å². The highest BCUT2D eigenvalue weighted by atomic mass is 16.6. The second kappa shape index (κ2) is 7.03. The molecule has 20 heavy (non-hydrogen) atoms. The Morgan fingerprint density at radius 2 is 1.50 bits per heavy atom. The summed E-state index contributed by atoms with van der Waals surface area (Å²) < 4.78 is 5.81. The van der Waals surface area contributed by atoms with Crippen LogP contribution in [0.1, 0.15) is 71.1 Å². The van der Waals surface area contributed by atoms with Crippen molar-refractivity contribution in [3.63, 3.8) is 0 Å². The second-order valence-electron chi connectivity index (χ2n) is 6.52. The Kier molecular flexibility index (Phi) is 5.36. The fourth-order valence-electron chi connectivity index (χ4n) is 4.14. The van der Waals surface area contributed by atoms with Crippen molar-refractivity contribution in [1.82, 2.24) is 0 Å². The van der Waals surface area contributed by atoms with Gasteiger partial charge in [0.15, 0.2) is 0 Å². The molecule has 0 radical (unpaired) electrons. The summed E-state index contributed by atoms with van der Waals surface area (Å²) in [5, 5.41) is 0. The third kappa shape index (κ3) is 3.49. The predicted octanol–water partition coefficient (Wildman–Crippen LogP) is 3.75. The van der Waals surface area contributed by atoms with Crippen molar-refractivity contribution >= 4 is 12.2 Å². The van der Waals surface area contributed by atoms with E-state index in [4.69, 9.17) is 10.3 Å². The molecular formula is C16H26N2O2. The Labute approximate surface area is 121 Å². The Morgan fingerprint density at radius 3 is 1.90 bits per heavy atom. The number of ether oxygens (including phenoxy) is 1. The lowest BCUT2D eigenvalue weighted by atomic mass is 9.67. The third-order valence-corrected chi connectivity index (χ3v) is 5.32. The number of hydrogen-bond acceptors (Lipinski definition) is 2. The summed E-state index contributed by atoms with van der Waals surface area (Å²) in [4.78, 5) is 14.6. The van der Waals surface area contributed by atoms with Crippen LogP contribution in [0.5, 0.6) is 0 Å². The topological polar surface area (TPSA) is 62.7 Å². The number of nitrogens with zero attached hydrogens (tertiary/aromatic N) is 2. The lowest BCUT2D eigenvalue weighted by molar-refractivity contribution is -0.170. The van der Waals surface area contributed by atoms with Gasteiger partial charge in [-0.2, -0.15) is 4.79 Å². The van der Waals surface area contributed by atoms with Gasteiger partial charge in [-0.15, -0.1) is 0 Å². The molecule has 0 aromatic carbocycles. The average molecular weight is 278 g/mol. The van der Waals surface area contributed by atoms with Gasteiger partial charge in [-0.3, -0.25) is 0 Å². The molecule has 0 aromatic rings. The van der Waals surface area contributed by atoms with Gasteiger partial charge in [-0.25, -0.2) is 4.79 Å². The van der Waals surface area contributed by atoms with Crippen LogP contribution in [-0.2, 0) is 9.53 Å². The van der Waals surface area contributed by atoms with Gasteiger partial charge in [0.2, 0.25) is 0 Å². The van der Waals surface area contributed by atoms with E-state index >= 15 is 0 Å². The number of carbonyl (C=O) groups excluding carboxylic acids is 1. The Bertz CT molecular complexity index is 358. The third-order valence-electron chi connectivity index (χ3n) is 5.32. The van der Waals surface area contributed by atoms with Crippen molar-refractivity contribution in [3.05, 3.63) is 5.53 Å². The summed E-state index contributed by atoms with van der Waals surface area (Å²) in [6.07, 6.45) is 13.0. The van der Waals surface area contributed by atoms with E-state index in [2.05, 4.69) is 11.7 Å². The molecule has 0 bridgehead atoms. The maximum atomic E-state index is 11.8. The smallest absolute Gasteiger partial charge is 0.414 e. The quantitative estimate of drug-likeness (QED) is 0.340. The highest BCUT2D eigenvalue weighted by molar-refractivity contribution is 6.20. The molecule has 0 N–H and O–H groups in total. The van der Waals surface area contributed by atoms with Crippen LogP contribution < -0.4 is 0 Å². The van der Waals surface area contributed by atoms with Gasteiger partial charge in [-0.05, 0) is 44.4 Å². The molecule has 0 heterocycles. The molecule has 0 unspecified atom stereocenters. The van der Waals surface area contributed by atoms with E-state index in [1.807, 2.05) is 0 Å². The Morgan fingerprint density at radius 1 is 1.05 bits per heavy atom. The van der Waals surface area contributed by atoms with E-state index < -0.39 is 5.97 Å². The fourth-order valence-corrected chi connectivity index (χ4v) is 4.14. The molecule has 2 aliphatic carbocycles. The van der Waals surface area contributed by atoms with Gasteiger partial charge in [0.1, 0.15) is 5.60 Å². The fraction of sp³-hybridized carbons (Fsp3) is 0.875. The summed E-state index contributed by atoms with van der Waals surface area (Å²) >= 11 is 0. The highest BCUT2D eigenvalue weighted by Crippen LogP contribution is 2.44. The minimum atomic E-state index is -0.508. The van der Waals surface area contributed by atoms with E-state index in [1.54, 1.807) is 0 Å². The van der Waals surface area contributed by atoms with E-state index in [9.17, 15) is 4.79 Å². The van der Waals surface area contributed by atoms with Crippen molar-refractivity contribution in [1.29, 1.82) is 0 Å². The number of hydrogen-bond donors (Lipinski definition) is 0. The first-order valence-corrected chi connectivity index (χ1v) is 8.07. The van der Waals surface area contributed by atoms with E-state index in [-0.39, 0.29) is 5.60 Å². The molecule has 4 nitrogen and oxygen atoms in total. The van der Waals surface area contributed by atoms with Gasteiger partial charge < -0.3 is 10.3 Å². The molecule has 0 spiro atoms. The predicted molar refractivity (Wildman–Crippen MR) is 77.3 cm³/mol. The Hall–Kier alpha value is -1.15. The first kappa shape index (κ1) is 15.2. The lowest BCUT2D eigenvalue weighted by Crippen LogP contribution is -2.48. The molecule has 2 aliphatic rings. The maximum Gasteiger partial charge on any atom is 0.414 e. The van der Waals surface area contributed by atoms with Crippen LogP contribution in [0.4, 0.5) is 0 Å². The van der Waals surface area contributed by atoms with E-state index in [0.29, 0.717) is 11.8 Å². The zero-order chi connectivity index (χ0) is 14.4. The summed E-state index contributed by atoms with van der Waals surface area (Å²) in [6.45, 7) is 2.11. The lowest BCUT2D eigenvalue weighted by Gasteiger charge is -2.45. The molecule has 2 fully saturated rings. The molecule has 2 rings (SSSR count). The molecule has 0 amide bonds. The van der Waals surface area contributed by atoms with Gasteiger partial charge in [0, 0.05) is 0 Å². The molecule has 0 saturated heterocycles. The molecule has 4 heteroatoms. The number of esters is 1. The van der Waals surface area contributed by atoms with Gasteiger partial charge >= 0.3 is 12.2 Å². The monoisotopic (exact) mass is 278 g/mol. The second-order valence-corrected chi connectivity index (χ2v) is 6.52. The zero-order valence-electron chi connectivity index (χ0n) is 12.5. The van der Waals surface area contributed by atoms with Gasteiger partial charge in [0.05, 0.1) is 0 Å². The molecule has 0 aliphatic heterocycles.